The van der Waals surface area contributed by atoms with Crippen molar-refractivity contribution in [3.05, 3.63) is 43.2 Å². The van der Waals surface area contributed by atoms with E-state index in [1.54, 1.807) is 37.2 Å². The molecule has 9 heteroatoms. The van der Waals surface area contributed by atoms with Crippen LogP contribution in [0, 0.1) is 0 Å². The zero-order valence-electron chi connectivity index (χ0n) is 8.48. The maximum absolute atomic E-state index is 3.60. The van der Waals surface area contributed by atoms with Gasteiger partial charge in [-0.2, -0.15) is 45.8 Å². The molecule has 3 heterocycles. The molecule has 3 aromatic rings. The summed E-state index contributed by atoms with van der Waals surface area (Å²) in [6.45, 7) is 0. The molecule has 0 aromatic carbocycles. The van der Waals surface area contributed by atoms with Gasteiger partial charge in [0.2, 0.25) is 0 Å². The quantitative estimate of drug-likeness (QED) is 0.481. The second kappa shape index (κ2) is 11.0. The molecule has 0 bridgehead atoms. The van der Waals surface area contributed by atoms with E-state index in [4.69, 9.17) is 0 Å². The van der Waals surface area contributed by atoms with E-state index in [1.165, 1.54) is 0 Å². The Bertz CT molecular complexity index is 252. The summed E-state index contributed by atoms with van der Waals surface area (Å²) < 4.78 is 0. The van der Waals surface area contributed by atoms with Crippen LogP contribution in [0.25, 0.3) is 0 Å². The van der Waals surface area contributed by atoms with Gasteiger partial charge in [0.05, 0.1) is 24.8 Å². The first-order valence-corrected chi connectivity index (χ1v) is 4.03. The van der Waals surface area contributed by atoms with Gasteiger partial charge in [0, 0.05) is 12.4 Å². The lowest BCUT2D eigenvalue weighted by atomic mass is 10.8. The molecule has 0 spiro atoms. The molecule has 0 fully saturated rings. The summed E-state index contributed by atoms with van der Waals surface area (Å²) in [5.41, 5.74) is 0. The summed E-state index contributed by atoms with van der Waals surface area (Å²) in [6, 6.07) is 1.83. The molecular formula is C7H13N8P. The van der Waals surface area contributed by atoms with Crippen LogP contribution in [0.15, 0.2) is 43.2 Å². The number of aromatic amines is 3. The van der Waals surface area contributed by atoms with E-state index in [9.17, 15) is 0 Å². The first-order chi connectivity index (χ1) is 7.50. The molecule has 0 radical (unpaired) electrons. The lowest BCUT2D eigenvalue weighted by molar-refractivity contribution is 0.940. The van der Waals surface area contributed by atoms with Crippen LogP contribution in [-0.2, 0) is 0 Å². The van der Waals surface area contributed by atoms with E-state index >= 15 is 0 Å². The molecule has 3 N–H and O–H groups in total. The molecule has 0 saturated heterocycles. The minimum absolute atomic E-state index is 0. The summed E-state index contributed by atoms with van der Waals surface area (Å²) in [5, 5.41) is 24.9. The molecule has 1 atom stereocenters. The highest BCUT2D eigenvalue weighted by Gasteiger charge is 1.58. The Morgan fingerprint density at radius 2 is 1.12 bits per heavy atom. The molecule has 1 unspecified atom stereocenters. The molecule has 86 valence electrons. The second-order valence-electron chi connectivity index (χ2n) is 2.08. The standard InChI is InChI=1S/C3H4N2.2C2H3N3.H3P/c3*1-2-4-5-3-1;/h1-3H,(H,4,5);2*1-2H,(H,3,4,5);1H3. The van der Waals surface area contributed by atoms with Gasteiger partial charge in [0.15, 0.2) is 0 Å². The van der Waals surface area contributed by atoms with E-state index in [1.807, 2.05) is 6.07 Å². The molecular weight excluding hydrogens is 227 g/mol. The number of H-pyrrole nitrogens is 3. The van der Waals surface area contributed by atoms with Crippen LogP contribution in [0.1, 0.15) is 0 Å². The van der Waals surface area contributed by atoms with Crippen molar-refractivity contribution in [2.24, 2.45) is 0 Å². The van der Waals surface area contributed by atoms with Gasteiger partial charge >= 0.3 is 0 Å². The maximum atomic E-state index is 3.60. The lowest BCUT2D eigenvalue weighted by Crippen LogP contribution is -1.61. The van der Waals surface area contributed by atoms with Gasteiger partial charge in [-0.3, -0.25) is 5.10 Å². The molecule has 0 saturated carbocycles. The largest absolute Gasteiger partial charge is 0.286 e. The van der Waals surface area contributed by atoms with E-state index in [-0.39, 0.29) is 9.90 Å². The minimum Gasteiger partial charge on any atom is -0.286 e. The van der Waals surface area contributed by atoms with Crippen LogP contribution in [0.2, 0.25) is 0 Å². The average molecular weight is 240 g/mol. The zero-order chi connectivity index (χ0) is 10.6. The third kappa shape index (κ3) is 8.52. The number of hydrogen-bond acceptors (Lipinski definition) is 5. The van der Waals surface area contributed by atoms with Crippen molar-refractivity contribution >= 4 is 9.90 Å². The number of aromatic nitrogens is 8. The van der Waals surface area contributed by atoms with Crippen LogP contribution in [0.5, 0.6) is 0 Å². The van der Waals surface area contributed by atoms with Crippen LogP contribution in [0.3, 0.4) is 0 Å². The smallest absolute Gasteiger partial charge is 0.0690 e. The first-order valence-electron chi connectivity index (χ1n) is 4.03. The molecule has 0 aliphatic rings. The van der Waals surface area contributed by atoms with Crippen molar-refractivity contribution < 1.29 is 0 Å². The van der Waals surface area contributed by atoms with Crippen molar-refractivity contribution in [1.29, 1.82) is 0 Å². The zero-order valence-corrected chi connectivity index (χ0v) is 9.90. The maximum Gasteiger partial charge on any atom is 0.0690 e. The SMILES string of the molecule is P.c1cn[nH]c1.c1cn[nH]n1.c1cn[nH]n1. The Balaban J connectivity index is 0.000000205. The van der Waals surface area contributed by atoms with Crippen LogP contribution in [-0.4, -0.2) is 41.0 Å². The Kier molecular flexibility index (Phi) is 9.57. The fourth-order valence-electron chi connectivity index (χ4n) is 0.548. The van der Waals surface area contributed by atoms with E-state index in [0.717, 1.165) is 0 Å². The average Bonchev–Trinajstić information content (AvgIpc) is 3.09. The number of nitrogens with one attached hydrogen (secondary N) is 3. The normalized spacial score (nSPS) is 7.50. The molecule has 0 aliphatic heterocycles. The van der Waals surface area contributed by atoms with Crippen LogP contribution < -0.4 is 0 Å². The highest BCUT2D eigenvalue weighted by Crippen LogP contribution is 1.64. The molecule has 3 aromatic heterocycles. The third-order valence-corrected chi connectivity index (χ3v) is 1.07. The van der Waals surface area contributed by atoms with Crippen molar-refractivity contribution in [3.8, 4) is 0 Å². The summed E-state index contributed by atoms with van der Waals surface area (Å²) in [7, 11) is 0. The predicted molar refractivity (Wildman–Crippen MR) is 62.5 cm³/mol. The predicted octanol–water partition coefficient (Wildman–Crippen LogP) is 0.0772. The molecule has 8 nitrogen and oxygen atoms in total. The van der Waals surface area contributed by atoms with Gasteiger partial charge in [-0.1, -0.05) is 0 Å². The van der Waals surface area contributed by atoms with E-state index in [2.05, 4.69) is 41.0 Å². The Labute approximate surface area is 94.9 Å². The third-order valence-electron chi connectivity index (χ3n) is 1.07. The highest BCUT2D eigenvalue weighted by atomic mass is 31.0. The fraction of sp³-hybridized carbons (Fsp3) is 0. The van der Waals surface area contributed by atoms with E-state index < -0.39 is 0 Å². The molecule has 0 amide bonds. The highest BCUT2D eigenvalue weighted by molar-refractivity contribution is 6.92. The molecule has 3 rings (SSSR count). The Morgan fingerprint density at radius 3 is 1.25 bits per heavy atom. The minimum atomic E-state index is 0. The van der Waals surface area contributed by atoms with Crippen molar-refractivity contribution in [2.75, 3.05) is 0 Å². The second-order valence-corrected chi connectivity index (χ2v) is 2.08. The van der Waals surface area contributed by atoms with Gasteiger partial charge in [-0.25, -0.2) is 0 Å². The summed E-state index contributed by atoms with van der Waals surface area (Å²) in [6.07, 6.45) is 9.79. The lowest BCUT2D eigenvalue weighted by Gasteiger charge is -1.49. The van der Waals surface area contributed by atoms with Gasteiger partial charge < -0.3 is 0 Å². The number of hydrogen-bond donors (Lipinski definition) is 3. The van der Waals surface area contributed by atoms with Gasteiger partial charge in [-0.15, -0.1) is 0 Å². The Morgan fingerprint density at radius 1 is 0.625 bits per heavy atom. The van der Waals surface area contributed by atoms with Crippen LogP contribution in [0.4, 0.5) is 0 Å². The summed E-state index contributed by atoms with van der Waals surface area (Å²) >= 11 is 0. The van der Waals surface area contributed by atoms with Crippen molar-refractivity contribution in [3.63, 3.8) is 0 Å². The molecule has 16 heavy (non-hydrogen) atoms. The van der Waals surface area contributed by atoms with E-state index in [0.29, 0.717) is 0 Å². The van der Waals surface area contributed by atoms with Gasteiger partial charge in [-0.05, 0) is 6.07 Å². The van der Waals surface area contributed by atoms with Crippen LogP contribution >= 0.6 is 9.90 Å². The van der Waals surface area contributed by atoms with Gasteiger partial charge in [0.1, 0.15) is 0 Å². The number of rotatable bonds is 0. The topological polar surface area (TPSA) is 112 Å². The monoisotopic (exact) mass is 240 g/mol. The van der Waals surface area contributed by atoms with Gasteiger partial charge in [0.25, 0.3) is 0 Å². The first kappa shape index (κ1) is 13.9. The van der Waals surface area contributed by atoms with Crippen molar-refractivity contribution in [1.82, 2.24) is 41.0 Å². The number of nitrogens with zero attached hydrogens (tertiary/aromatic N) is 5. The Hall–Kier alpha value is -2.08. The summed E-state index contributed by atoms with van der Waals surface area (Å²) in [4.78, 5) is 0. The fourth-order valence-corrected chi connectivity index (χ4v) is 0.548. The molecule has 0 aliphatic carbocycles. The summed E-state index contributed by atoms with van der Waals surface area (Å²) in [5.74, 6) is 0. The van der Waals surface area contributed by atoms with Crippen molar-refractivity contribution in [2.45, 2.75) is 0 Å².